The molecule has 5 heteroatoms. The highest BCUT2D eigenvalue weighted by Gasteiger charge is 2.18. The number of aliphatic hydroxyl groups is 1. The summed E-state index contributed by atoms with van der Waals surface area (Å²) in [6.45, 7) is 0.792. The molecule has 2 heterocycles. The summed E-state index contributed by atoms with van der Waals surface area (Å²) in [6, 6.07) is 7.61. The molecule has 0 radical (unpaired) electrons. The maximum Gasteiger partial charge on any atom is 0.162 e. The third-order valence-corrected chi connectivity index (χ3v) is 3.13. The average Bonchev–Trinajstić information content (AvgIpc) is 2.46. The maximum atomic E-state index is 9.26. The zero-order chi connectivity index (χ0) is 13.2. The first-order valence-corrected chi connectivity index (χ1v) is 6.02. The van der Waals surface area contributed by atoms with Crippen molar-refractivity contribution in [3.8, 4) is 17.6 Å². The van der Waals surface area contributed by atoms with E-state index in [-0.39, 0.29) is 6.61 Å². The Labute approximate surface area is 110 Å². The summed E-state index contributed by atoms with van der Waals surface area (Å²) in [5, 5.41) is 20.1. The highest BCUT2D eigenvalue weighted by atomic mass is 16.6. The van der Waals surface area contributed by atoms with E-state index < -0.39 is 5.92 Å². The summed E-state index contributed by atoms with van der Waals surface area (Å²) in [5.74, 6) is 0.724. The Morgan fingerprint density at radius 3 is 2.74 bits per heavy atom. The van der Waals surface area contributed by atoms with Crippen LogP contribution >= 0.6 is 0 Å². The van der Waals surface area contributed by atoms with Crippen molar-refractivity contribution in [2.24, 2.45) is 0 Å². The second-order valence-corrected chi connectivity index (χ2v) is 4.28. The molecule has 0 amide bonds. The second kappa shape index (κ2) is 4.75. The fraction of sp³-hybridized carbons (Fsp3) is 0.286. The van der Waals surface area contributed by atoms with Crippen molar-refractivity contribution in [1.82, 2.24) is 4.98 Å². The number of nitrogens with zero attached hydrogens (tertiary/aromatic N) is 2. The SMILES string of the molecule is N#CC(CO)c1nccc2cc3c(cc12)OCCO3. The Hall–Kier alpha value is -2.32. The Bertz CT molecular complexity index is 664. The highest BCUT2D eigenvalue weighted by molar-refractivity contribution is 5.88. The minimum absolute atomic E-state index is 0.253. The lowest BCUT2D eigenvalue weighted by atomic mass is 10.0. The Morgan fingerprint density at radius 2 is 2.05 bits per heavy atom. The van der Waals surface area contributed by atoms with Crippen molar-refractivity contribution in [2.75, 3.05) is 19.8 Å². The first-order chi connectivity index (χ1) is 9.33. The molecule has 3 rings (SSSR count). The average molecular weight is 256 g/mol. The molecular formula is C14H12N2O3. The minimum atomic E-state index is -0.633. The van der Waals surface area contributed by atoms with Crippen LogP contribution in [0.2, 0.25) is 0 Å². The number of hydrogen-bond acceptors (Lipinski definition) is 5. The maximum absolute atomic E-state index is 9.26. The summed E-state index contributed by atoms with van der Waals surface area (Å²) in [7, 11) is 0. The molecule has 1 aromatic carbocycles. The topological polar surface area (TPSA) is 75.4 Å². The van der Waals surface area contributed by atoms with Crippen LogP contribution in [-0.4, -0.2) is 29.9 Å². The number of pyridine rings is 1. The molecule has 0 bridgehead atoms. The molecule has 1 aromatic heterocycles. The Morgan fingerprint density at radius 1 is 1.32 bits per heavy atom. The molecule has 96 valence electrons. The number of nitriles is 1. The molecule has 1 unspecified atom stereocenters. The highest BCUT2D eigenvalue weighted by Crippen LogP contribution is 2.36. The van der Waals surface area contributed by atoms with E-state index in [1.165, 1.54) is 0 Å². The molecule has 5 nitrogen and oxygen atoms in total. The fourth-order valence-electron chi connectivity index (χ4n) is 2.20. The fourth-order valence-corrected chi connectivity index (χ4v) is 2.20. The van der Waals surface area contributed by atoms with E-state index in [2.05, 4.69) is 11.1 Å². The van der Waals surface area contributed by atoms with Gasteiger partial charge in [-0.3, -0.25) is 4.98 Å². The number of rotatable bonds is 2. The first-order valence-electron chi connectivity index (χ1n) is 6.02. The molecule has 0 spiro atoms. The van der Waals surface area contributed by atoms with Gasteiger partial charge in [-0.1, -0.05) is 0 Å². The molecule has 1 aliphatic heterocycles. The van der Waals surface area contributed by atoms with Crippen molar-refractivity contribution in [3.63, 3.8) is 0 Å². The van der Waals surface area contributed by atoms with Gasteiger partial charge in [0.15, 0.2) is 11.5 Å². The number of hydrogen-bond donors (Lipinski definition) is 1. The predicted octanol–water partition coefficient (Wildman–Crippen LogP) is 1.61. The third-order valence-electron chi connectivity index (χ3n) is 3.13. The van der Waals surface area contributed by atoms with Crippen molar-refractivity contribution >= 4 is 10.8 Å². The van der Waals surface area contributed by atoms with Gasteiger partial charge in [0, 0.05) is 11.6 Å². The van der Waals surface area contributed by atoms with Crippen molar-refractivity contribution < 1.29 is 14.6 Å². The van der Waals surface area contributed by atoms with Crippen molar-refractivity contribution in [2.45, 2.75) is 5.92 Å². The second-order valence-electron chi connectivity index (χ2n) is 4.28. The van der Waals surface area contributed by atoms with Gasteiger partial charge in [0.05, 0.1) is 18.4 Å². The lowest BCUT2D eigenvalue weighted by Crippen LogP contribution is -2.15. The summed E-state index contributed by atoms with van der Waals surface area (Å²) in [6.07, 6.45) is 1.63. The smallest absolute Gasteiger partial charge is 0.162 e. The molecule has 0 aliphatic carbocycles. The van der Waals surface area contributed by atoms with Crippen LogP contribution in [0.25, 0.3) is 10.8 Å². The number of ether oxygens (including phenoxy) is 2. The Balaban J connectivity index is 2.22. The van der Waals surface area contributed by atoms with Gasteiger partial charge in [0.1, 0.15) is 19.1 Å². The minimum Gasteiger partial charge on any atom is -0.486 e. The summed E-state index contributed by atoms with van der Waals surface area (Å²) in [4.78, 5) is 4.22. The van der Waals surface area contributed by atoms with Crippen LogP contribution < -0.4 is 9.47 Å². The van der Waals surface area contributed by atoms with E-state index in [1.54, 1.807) is 6.20 Å². The van der Waals surface area contributed by atoms with E-state index >= 15 is 0 Å². The van der Waals surface area contributed by atoms with Crippen LogP contribution in [0.5, 0.6) is 11.5 Å². The van der Waals surface area contributed by atoms with Gasteiger partial charge in [0.2, 0.25) is 0 Å². The standard InChI is InChI=1S/C14H12N2O3/c15-7-10(8-17)14-11-6-13-12(18-3-4-19-13)5-9(11)1-2-16-14/h1-2,5-6,10,17H,3-4,8H2. The van der Waals surface area contributed by atoms with Crippen molar-refractivity contribution in [3.05, 3.63) is 30.1 Å². The molecule has 0 saturated heterocycles. The predicted molar refractivity (Wildman–Crippen MR) is 68.2 cm³/mol. The number of benzene rings is 1. The summed E-state index contributed by atoms with van der Waals surface area (Å²) >= 11 is 0. The van der Waals surface area contributed by atoms with Crippen LogP contribution in [0, 0.1) is 11.3 Å². The van der Waals surface area contributed by atoms with Gasteiger partial charge in [-0.15, -0.1) is 0 Å². The zero-order valence-electron chi connectivity index (χ0n) is 10.2. The van der Waals surface area contributed by atoms with Gasteiger partial charge in [-0.05, 0) is 23.6 Å². The van der Waals surface area contributed by atoms with Gasteiger partial charge >= 0.3 is 0 Å². The van der Waals surface area contributed by atoms with Crippen LogP contribution in [0.15, 0.2) is 24.4 Å². The zero-order valence-corrected chi connectivity index (χ0v) is 10.2. The lowest BCUT2D eigenvalue weighted by molar-refractivity contribution is 0.172. The van der Waals surface area contributed by atoms with Crippen LogP contribution in [-0.2, 0) is 0 Å². The first kappa shape index (κ1) is 11.8. The third kappa shape index (κ3) is 1.96. The number of fused-ring (bicyclic) bond motifs is 2. The normalized spacial score (nSPS) is 14.9. The molecule has 1 atom stereocenters. The van der Waals surface area contributed by atoms with E-state index in [0.29, 0.717) is 30.4 Å². The van der Waals surface area contributed by atoms with Gasteiger partial charge < -0.3 is 14.6 Å². The van der Waals surface area contributed by atoms with Crippen LogP contribution in [0.4, 0.5) is 0 Å². The number of aliphatic hydroxyl groups excluding tert-OH is 1. The van der Waals surface area contributed by atoms with Gasteiger partial charge in [0.25, 0.3) is 0 Å². The van der Waals surface area contributed by atoms with E-state index in [1.807, 2.05) is 18.2 Å². The monoisotopic (exact) mass is 256 g/mol. The molecular weight excluding hydrogens is 244 g/mol. The van der Waals surface area contributed by atoms with Gasteiger partial charge in [-0.2, -0.15) is 5.26 Å². The summed E-state index contributed by atoms with van der Waals surface area (Å²) < 4.78 is 11.1. The molecule has 1 N–H and O–H groups in total. The molecule has 1 aliphatic rings. The number of aromatic nitrogens is 1. The van der Waals surface area contributed by atoms with Crippen LogP contribution in [0.3, 0.4) is 0 Å². The molecule has 0 fully saturated rings. The van der Waals surface area contributed by atoms with E-state index in [9.17, 15) is 5.11 Å². The summed E-state index contributed by atoms with van der Waals surface area (Å²) in [5.41, 5.74) is 0.569. The van der Waals surface area contributed by atoms with E-state index in [4.69, 9.17) is 14.7 Å². The largest absolute Gasteiger partial charge is 0.486 e. The van der Waals surface area contributed by atoms with Crippen LogP contribution in [0.1, 0.15) is 11.6 Å². The van der Waals surface area contributed by atoms with Crippen molar-refractivity contribution in [1.29, 1.82) is 5.26 Å². The lowest BCUT2D eigenvalue weighted by Gasteiger charge is -2.19. The quantitative estimate of drug-likeness (QED) is 0.883. The molecule has 0 saturated carbocycles. The molecule has 19 heavy (non-hydrogen) atoms. The molecule has 2 aromatic rings. The Kier molecular flexibility index (Phi) is 2.94. The van der Waals surface area contributed by atoms with Gasteiger partial charge in [-0.25, -0.2) is 0 Å². The van der Waals surface area contributed by atoms with E-state index in [0.717, 1.165) is 10.8 Å².